The third-order valence-corrected chi connectivity index (χ3v) is 6.29. The quantitative estimate of drug-likeness (QED) is 0.462. The number of thiazole rings is 1. The molecule has 1 amide bonds. The number of rotatable bonds is 6. The second-order valence-corrected chi connectivity index (χ2v) is 8.55. The van der Waals surface area contributed by atoms with Crippen molar-refractivity contribution in [3.05, 3.63) is 72.6 Å². The smallest absolute Gasteiger partial charge is 0.257 e. The molecule has 1 aliphatic heterocycles. The normalized spacial score (nSPS) is 15.8. The molecule has 0 bridgehead atoms. The summed E-state index contributed by atoms with van der Waals surface area (Å²) in [5.74, 6) is 0.589. The van der Waals surface area contributed by atoms with Gasteiger partial charge in [-0.2, -0.15) is 0 Å². The Morgan fingerprint density at radius 1 is 1.10 bits per heavy atom. The summed E-state index contributed by atoms with van der Waals surface area (Å²) < 4.78 is 6.84. The summed E-state index contributed by atoms with van der Waals surface area (Å²) in [6.07, 6.45) is 5.90. The lowest BCUT2D eigenvalue weighted by Gasteiger charge is -2.12. The standard InChI is InChI=1S/C24H22N4O2S/c29-23(17-3-6-20(7-4-17)30-15-19-2-1-11-26-19)28-24-27-21-8-5-18(14-22(21)31-24)16-9-12-25-13-10-16/h3-10,12-14,19,26H,1-2,11,15H2,(H,27,28,29). The highest BCUT2D eigenvalue weighted by Crippen LogP contribution is 2.30. The van der Waals surface area contributed by atoms with E-state index in [1.54, 1.807) is 24.5 Å². The first-order valence-electron chi connectivity index (χ1n) is 10.3. The summed E-state index contributed by atoms with van der Waals surface area (Å²) in [6, 6.07) is 17.7. The van der Waals surface area contributed by atoms with Crippen LogP contribution in [0.3, 0.4) is 0 Å². The lowest BCUT2D eigenvalue weighted by molar-refractivity contribution is 0.102. The summed E-state index contributed by atoms with van der Waals surface area (Å²) in [7, 11) is 0. The van der Waals surface area contributed by atoms with Crippen molar-refractivity contribution in [1.82, 2.24) is 15.3 Å². The Morgan fingerprint density at radius 2 is 1.94 bits per heavy atom. The van der Waals surface area contributed by atoms with Gasteiger partial charge >= 0.3 is 0 Å². The van der Waals surface area contributed by atoms with Crippen molar-refractivity contribution in [2.75, 3.05) is 18.5 Å². The zero-order valence-corrected chi connectivity index (χ0v) is 17.7. The number of nitrogens with zero attached hydrogens (tertiary/aromatic N) is 2. The molecule has 2 aromatic heterocycles. The maximum Gasteiger partial charge on any atom is 0.257 e. The Hall–Kier alpha value is -3.29. The van der Waals surface area contributed by atoms with Crippen LogP contribution in [-0.2, 0) is 0 Å². The van der Waals surface area contributed by atoms with Gasteiger partial charge in [0.1, 0.15) is 12.4 Å². The van der Waals surface area contributed by atoms with E-state index in [1.807, 2.05) is 36.4 Å². The van der Waals surface area contributed by atoms with Gasteiger partial charge in [-0.15, -0.1) is 0 Å². The van der Waals surface area contributed by atoms with Crippen LogP contribution in [0.15, 0.2) is 67.0 Å². The number of ether oxygens (including phenoxy) is 1. The number of pyridine rings is 1. The number of fused-ring (bicyclic) bond motifs is 1. The molecule has 5 rings (SSSR count). The van der Waals surface area contributed by atoms with Crippen molar-refractivity contribution in [3.8, 4) is 16.9 Å². The Labute approximate surface area is 184 Å². The third-order valence-electron chi connectivity index (χ3n) is 5.35. The number of hydrogen-bond donors (Lipinski definition) is 2. The molecule has 1 fully saturated rings. The summed E-state index contributed by atoms with van der Waals surface area (Å²) in [5, 5.41) is 6.90. The Bertz CT molecular complexity index is 1190. The van der Waals surface area contributed by atoms with E-state index in [4.69, 9.17) is 4.74 Å². The number of hydrogen-bond acceptors (Lipinski definition) is 6. The number of benzene rings is 2. The van der Waals surface area contributed by atoms with Crippen LogP contribution >= 0.6 is 11.3 Å². The molecule has 2 N–H and O–H groups in total. The molecule has 0 spiro atoms. The fourth-order valence-electron chi connectivity index (χ4n) is 3.67. The molecule has 7 heteroatoms. The number of anilines is 1. The van der Waals surface area contributed by atoms with Crippen LogP contribution in [0.5, 0.6) is 5.75 Å². The van der Waals surface area contributed by atoms with Crippen LogP contribution in [0.1, 0.15) is 23.2 Å². The van der Waals surface area contributed by atoms with Gasteiger partial charge in [-0.1, -0.05) is 17.4 Å². The fourth-order valence-corrected chi connectivity index (χ4v) is 4.57. The zero-order chi connectivity index (χ0) is 21.0. The highest BCUT2D eigenvalue weighted by molar-refractivity contribution is 7.22. The van der Waals surface area contributed by atoms with Crippen LogP contribution < -0.4 is 15.4 Å². The summed E-state index contributed by atoms with van der Waals surface area (Å²) in [6.45, 7) is 1.71. The first kappa shape index (κ1) is 19.7. The van der Waals surface area contributed by atoms with Crippen molar-refractivity contribution in [2.24, 2.45) is 0 Å². The van der Waals surface area contributed by atoms with E-state index < -0.39 is 0 Å². The third kappa shape index (κ3) is 4.57. The number of carbonyl (C=O) groups excluding carboxylic acids is 1. The van der Waals surface area contributed by atoms with Crippen LogP contribution in [0.2, 0.25) is 0 Å². The second-order valence-electron chi connectivity index (χ2n) is 7.52. The second kappa shape index (κ2) is 8.83. The van der Waals surface area contributed by atoms with Gasteiger partial charge < -0.3 is 10.1 Å². The van der Waals surface area contributed by atoms with Crippen molar-refractivity contribution >= 4 is 32.6 Å². The van der Waals surface area contributed by atoms with Crippen LogP contribution in [0.25, 0.3) is 21.3 Å². The molecule has 0 radical (unpaired) electrons. The Balaban J connectivity index is 1.25. The van der Waals surface area contributed by atoms with Gasteiger partial charge in [0.05, 0.1) is 10.2 Å². The van der Waals surface area contributed by atoms with Gasteiger partial charge in [-0.05, 0) is 79.0 Å². The SMILES string of the molecule is O=C(Nc1nc2ccc(-c3ccncc3)cc2s1)c1ccc(OCC2CCCN2)cc1. The molecule has 3 heterocycles. The van der Waals surface area contributed by atoms with Crippen LogP contribution in [0, 0.1) is 0 Å². The van der Waals surface area contributed by atoms with Crippen molar-refractivity contribution in [2.45, 2.75) is 18.9 Å². The minimum atomic E-state index is -0.183. The van der Waals surface area contributed by atoms with Crippen LogP contribution in [-0.4, -0.2) is 35.1 Å². The van der Waals surface area contributed by atoms with E-state index in [-0.39, 0.29) is 5.91 Å². The highest BCUT2D eigenvalue weighted by Gasteiger charge is 2.15. The molecule has 0 aliphatic carbocycles. The molecule has 0 saturated carbocycles. The molecular weight excluding hydrogens is 408 g/mol. The van der Waals surface area contributed by atoms with E-state index in [9.17, 15) is 4.79 Å². The van der Waals surface area contributed by atoms with E-state index >= 15 is 0 Å². The molecule has 156 valence electrons. The first-order chi connectivity index (χ1) is 15.2. The van der Waals surface area contributed by atoms with Gasteiger partial charge in [0.2, 0.25) is 0 Å². The van der Waals surface area contributed by atoms with Crippen LogP contribution in [0.4, 0.5) is 5.13 Å². The zero-order valence-electron chi connectivity index (χ0n) is 16.9. The molecule has 1 aliphatic rings. The molecule has 1 unspecified atom stereocenters. The molecule has 31 heavy (non-hydrogen) atoms. The number of aromatic nitrogens is 2. The monoisotopic (exact) mass is 430 g/mol. The molecular formula is C24H22N4O2S. The van der Waals surface area contributed by atoms with Gasteiger partial charge in [-0.3, -0.25) is 15.1 Å². The first-order valence-corrected chi connectivity index (χ1v) is 11.1. The minimum absolute atomic E-state index is 0.183. The van der Waals surface area contributed by atoms with Gasteiger partial charge in [0.15, 0.2) is 5.13 Å². The lowest BCUT2D eigenvalue weighted by Crippen LogP contribution is -2.28. The van der Waals surface area contributed by atoms with Crippen molar-refractivity contribution in [1.29, 1.82) is 0 Å². The molecule has 1 atom stereocenters. The van der Waals surface area contributed by atoms with E-state index in [0.717, 1.165) is 40.1 Å². The molecule has 4 aromatic rings. The minimum Gasteiger partial charge on any atom is -0.492 e. The van der Waals surface area contributed by atoms with Gasteiger partial charge in [0, 0.05) is 24.0 Å². The number of nitrogens with one attached hydrogen (secondary N) is 2. The molecule has 6 nitrogen and oxygen atoms in total. The largest absolute Gasteiger partial charge is 0.492 e. The molecule has 2 aromatic carbocycles. The number of carbonyl (C=O) groups is 1. The van der Waals surface area contributed by atoms with E-state index in [0.29, 0.717) is 23.3 Å². The van der Waals surface area contributed by atoms with Gasteiger partial charge in [-0.25, -0.2) is 4.98 Å². The van der Waals surface area contributed by atoms with Crippen molar-refractivity contribution < 1.29 is 9.53 Å². The predicted molar refractivity (Wildman–Crippen MR) is 124 cm³/mol. The predicted octanol–water partition coefficient (Wildman–Crippen LogP) is 4.74. The average molecular weight is 431 g/mol. The topological polar surface area (TPSA) is 76.1 Å². The van der Waals surface area contributed by atoms with E-state index in [1.165, 1.54) is 17.8 Å². The summed E-state index contributed by atoms with van der Waals surface area (Å²) in [4.78, 5) is 21.3. The maximum atomic E-state index is 12.7. The maximum absolute atomic E-state index is 12.7. The fraction of sp³-hybridized carbons (Fsp3) is 0.208. The number of amides is 1. The van der Waals surface area contributed by atoms with E-state index in [2.05, 4.69) is 26.7 Å². The summed E-state index contributed by atoms with van der Waals surface area (Å²) >= 11 is 1.46. The molecule has 1 saturated heterocycles. The van der Waals surface area contributed by atoms with Crippen molar-refractivity contribution in [3.63, 3.8) is 0 Å². The Kier molecular flexibility index (Phi) is 5.60. The summed E-state index contributed by atoms with van der Waals surface area (Å²) in [5.41, 5.74) is 3.63. The van der Waals surface area contributed by atoms with Gasteiger partial charge in [0.25, 0.3) is 5.91 Å². The lowest BCUT2D eigenvalue weighted by atomic mass is 10.1. The Morgan fingerprint density at radius 3 is 2.71 bits per heavy atom. The highest BCUT2D eigenvalue weighted by atomic mass is 32.1. The average Bonchev–Trinajstić information content (AvgIpc) is 3.47.